The Morgan fingerprint density at radius 3 is 2.32 bits per heavy atom. The van der Waals surface area contributed by atoms with Crippen molar-refractivity contribution >= 4 is 21.7 Å². The zero-order valence-corrected chi connectivity index (χ0v) is 20.7. The van der Waals surface area contributed by atoms with Crippen LogP contribution in [0.2, 0.25) is 0 Å². The summed E-state index contributed by atoms with van der Waals surface area (Å²) in [5.41, 5.74) is 1.12. The summed E-state index contributed by atoms with van der Waals surface area (Å²) in [4.78, 5) is 23.6. The molecule has 1 aromatic carbocycles. The van der Waals surface area contributed by atoms with Gasteiger partial charge in [-0.1, -0.05) is 30.3 Å². The van der Waals surface area contributed by atoms with E-state index in [0.29, 0.717) is 32.8 Å². The van der Waals surface area contributed by atoms with E-state index in [1.165, 1.54) is 10.5 Å². The van der Waals surface area contributed by atoms with Gasteiger partial charge in [0.1, 0.15) is 10.7 Å². The summed E-state index contributed by atoms with van der Waals surface area (Å²) < 4.78 is 32.3. The quantitative estimate of drug-likeness (QED) is 0.584. The van der Waals surface area contributed by atoms with Crippen LogP contribution in [0, 0.1) is 0 Å². The number of nitrogens with zero attached hydrogens (tertiary/aromatic N) is 5. The highest BCUT2D eigenvalue weighted by Crippen LogP contribution is 2.21. The molecule has 0 aliphatic carbocycles. The van der Waals surface area contributed by atoms with Gasteiger partial charge in [-0.05, 0) is 24.6 Å². The number of piperazine rings is 1. The number of ether oxygens (including phenoxy) is 1. The zero-order chi connectivity index (χ0) is 24.1. The smallest absolute Gasteiger partial charge is 0.244 e. The topological polar surface area (TPSA) is 86.3 Å². The van der Waals surface area contributed by atoms with Gasteiger partial charge >= 0.3 is 0 Å². The van der Waals surface area contributed by atoms with E-state index in [9.17, 15) is 13.2 Å². The first-order valence-corrected chi connectivity index (χ1v) is 13.1. The first-order chi connectivity index (χ1) is 16.4. The molecule has 3 heterocycles. The van der Waals surface area contributed by atoms with E-state index in [1.807, 2.05) is 44.3 Å². The van der Waals surface area contributed by atoms with Crippen LogP contribution < -0.4 is 4.90 Å². The average Bonchev–Trinajstić information content (AvgIpc) is 2.89. The Morgan fingerprint density at radius 1 is 1.03 bits per heavy atom. The van der Waals surface area contributed by atoms with Crippen molar-refractivity contribution in [3.8, 4) is 0 Å². The maximum Gasteiger partial charge on any atom is 0.244 e. The van der Waals surface area contributed by atoms with Crippen LogP contribution in [-0.2, 0) is 19.6 Å². The number of sulfonamides is 1. The van der Waals surface area contributed by atoms with Crippen LogP contribution in [-0.4, -0.2) is 99.5 Å². The minimum atomic E-state index is -3.55. The fraction of sp³-hybridized carbons (Fsp3) is 0.500. The van der Waals surface area contributed by atoms with E-state index in [-0.39, 0.29) is 16.8 Å². The molecule has 0 radical (unpaired) electrons. The number of amides is 1. The predicted molar refractivity (Wildman–Crippen MR) is 130 cm³/mol. The molecule has 4 rings (SSSR count). The van der Waals surface area contributed by atoms with Gasteiger partial charge in [-0.25, -0.2) is 13.4 Å². The molecule has 0 spiro atoms. The highest BCUT2D eigenvalue weighted by atomic mass is 32.2. The largest absolute Gasteiger partial charge is 0.379 e. The summed E-state index contributed by atoms with van der Waals surface area (Å²) in [5.74, 6) is 0.849. The average molecular weight is 488 g/mol. The normalized spacial score (nSPS) is 19.1. The fourth-order valence-electron chi connectivity index (χ4n) is 4.26. The molecule has 1 atom stereocenters. The van der Waals surface area contributed by atoms with Crippen molar-refractivity contribution in [2.45, 2.75) is 17.9 Å². The minimum absolute atomic E-state index is 0.0199. The lowest BCUT2D eigenvalue weighted by atomic mass is 10.1. The van der Waals surface area contributed by atoms with Gasteiger partial charge in [0.25, 0.3) is 0 Å². The molecular formula is C24H33N5O4S. The van der Waals surface area contributed by atoms with Crippen LogP contribution in [0.1, 0.15) is 18.5 Å². The summed E-state index contributed by atoms with van der Waals surface area (Å²) >= 11 is 0. The number of benzene rings is 1. The van der Waals surface area contributed by atoms with Crippen LogP contribution in [0.25, 0.3) is 0 Å². The Kier molecular flexibility index (Phi) is 7.82. The van der Waals surface area contributed by atoms with E-state index in [0.717, 1.165) is 37.6 Å². The SMILES string of the molecule is CC(c1ccccc1)N(C)C(=O)CN1CCN(c2ccc(S(=O)(=O)N3CCOCC3)cn2)CC1. The number of aromatic nitrogens is 1. The molecule has 1 amide bonds. The summed E-state index contributed by atoms with van der Waals surface area (Å²) in [7, 11) is -1.69. The molecule has 2 aliphatic rings. The third-order valence-electron chi connectivity index (χ3n) is 6.64. The second-order valence-electron chi connectivity index (χ2n) is 8.72. The molecule has 1 aromatic heterocycles. The molecule has 0 bridgehead atoms. The first-order valence-electron chi connectivity index (χ1n) is 11.7. The van der Waals surface area contributed by atoms with Crippen LogP contribution in [0.4, 0.5) is 5.82 Å². The van der Waals surface area contributed by atoms with Crippen molar-refractivity contribution in [3.05, 3.63) is 54.2 Å². The molecule has 184 valence electrons. The molecule has 2 aromatic rings. The van der Waals surface area contributed by atoms with Gasteiger partial charge in [0, 0.05) is 52.5 Å². The van der Waals surface area contributed by atoms with Gasteiger partial charge < -0.3 is 14.5 Å². The van der Waals surface area contributed by atoms with Gasteiger partial charge in [-0.2, -0.15) is 4.31 Å². The molecule has 9 nitrogen and oxygen atoms in total. The Morgan fingerprint density at radius 2 is 1.71 bits per heavy atom. The van der Waals surface area contributed by atoms with Gasteiger partial charge in [0.2, 0.25) is 15.9 Å². The van der Waals surface area contributed by atoms with Crippen LogP contribution in [0.15, 0.2) is 53.6 Å². The number of hydrogen-bond acceptors (Lipinski definition) is 7. The molecule has 2 aliphatic heterocycles. The number of rotatable bonds is 7. The maximum atomic E-state index is 12.8. The Labute approximate surface area is 202 Å². The lowest BCUT2D eigenvalue weighted by molar-refractivity contribution is -0.133. The molecule has 2 saturated heterocycles. The van der Waals surface area contributed by atoms with Gasteiger partial charge in [-0.15, -0.1) is 0 Å². The van der Waals surface area contributed by atoms with Crippen molar-refractivity contribution in [1.82, 2.24) is 19.1 Å². The standard InChI is InChI=1S/C24H33N5O4S/c1-20(21-6-4-3-5-7-21)26(2)24(30)19-27-10-12-28(13-11-27)23-9-8-22(18-25-23)34(31,32)29-14-16-33-17-15-29/h3-9,18,20H,10-17,19H2,1-2H3. The lowest BCUT2D eigenvalue weighted by Crippen LogP contribution is -2.50. The number of carbonyl (C=O) groups excluding carboxylic acids is 1. The van der Waals surface area contributed by atoms with Crippen molar-refractivity contribution in [2.75, 3.05) is 71.0 Å². The summed E-state index contributed by atoms with van der Waals surface area (Å²) in [6.45, 7) is 6.93. The Balaban J connectivity index is 1.29. The summed E-state index contributed by atoms with van der Waals surface area (Å²) in [6.07, 6.45) is 1.44. The van der Waals surface area contributed by atoms with Crippen molar-refractivity contribution in [2.24, 2.45) is 0 Å². The predicted octanol–water partition coefficient (Wildman–Crippen LogP) is 1.44. The zero-order valence-electron chi connectivity index (χ0n) is 19.8. The number of hydrogen-bond donors (Lipinski definition) is 0. The first kappa shape index (κ1) is 24.6. The molecule has 0 N–H and O–H groups in total. The van der Waals surface area contributed by atoms with Crippen LogP contribution in [0.3, 0.4) is 0 Å². The van der Waals surface area contributed by atoms with Crippen molar-refractivity contribution in [1.29, 1.82) is 0 Å². The molecule has 2 fully saturated rings. The number of morpholine rings is 1. The molecule has 34 heavy (non-hydrogen) atoms. The lowest BCUT2D eigenvalue weighted by Gasteiger charge is -2.36. The van der Waals surface area contributed by atoms with Gasteiger partial charge in [0.15, 0.2) is 0 Å². The van der Waals surface area contributed by atoms with E-state index >= 15 is 0 Å². The highest BCUT2D eigenvalue weighted by Gasteiger charge is 2.27. The van der Waals surface area contributed by atoms with E-state index in [4.69, 9.17) is 4.74 Å². The van der Waals surface area contributed by atoms with Crippen molar-refractivity contribution < 1.29 is 17.9 Å². The monoisotopic (exact) mass is 487 g/mol. The molecular weight excluding hydrogens is 454 g/mol. The second kappa shape index (κ2) is 10.8. The highest BCUT2D eigenvalue weighted by molar-refractivity contribution is 7.89. The maximum absolute atomic E-state index is 12.8. The minimum Gasteiger partial charge on any atom is -0.379 e. The van der Waals surface area contributed by atoms with E-state index in [1.54, 1.807) is 17.0 Å². The summed E-state index contributed by atoms with van der Waals surface area (Å²) in [5, 5.41) is 0. The fourth-order valence-corrected chi connectivity index (χ4v) is 5.61. The number of carbonyl (C=O) groups is 1. The molecule has 1 unspecified atom stereocenters. The number of likely N-dealkylation sites (N-methyl/N-ethyl adjacent to an activating group) is 1. The third-order valence-corrected chi connectivity index (χ3v) is 8.52. The summed E-state index contributed by atoms with van der Waals surface area (Å²) in [6, 6.07) is 13.4. The molecule has 10 heteroatoms. The van der Waals surface area contributed by atoms with Gasteiger partial charge in [0.05, 0.1) is 25.8 Å². The van der Waals surface area contributed by atoms with E-state index < -0.39 is 10.0 Å². The van der Waals surface area contributed by atoms with Crippen molar-refractivity contribution in [3.63, 3.8) is 0 Å². The van der Waals surface area contributed by atoms with E-state index in [2.05, 4.69) is 14.8 Å². The van der Waals surface area contributed by atoms with Crippen LogP contribution in [0.5, 0.6) is 0 Å². The van der Waals surface area contributed by atoms with Crippen LogP contribution >= 0.6 is 0 Å². The number of anilines is 1. The second-order valence-corrected chi connectivity index (χ2v) is 10.7. The molecule has 0 saturated carbocycles. The Bertz CT molecular complexity index is 1050. The number of pyridine rings is 1. The van der Waals surface area contributed by atoms with Gasteiger partial charge in [-0.3, -0.25) is 9.69 Å². The third kappa shape index (κ3) is 5.57. The Hall–Kier alpha value is -2.53.